The maximum absolute atomic E-state index is 12.1. The Bertz CT molecular complexity index is 1110. The standard InChI is InChI=1S/C22H20N2O4S/c23-29(26,27)21-8-4-7-19(15-21)24-22(25)14-11-17-9-12-20(13-10-17)28-16-18-5-2-1-3-6-18/h1-15H,16H2,(H,24,25)(H2,23,26,27)/b14-11+. The second-order valence-electron chi connectivity index (χ2n) is 6.24. The molecule has 29 heavy (non-hydrogen) atoms. The Morgan fingerprint density at radius 1 is 0.966 bits per heavy atom. The first kappa shape index (κ1) is 20.3. The van der Waals surface area contributed by atoms with Gasteiger partial charge in [0.25, 0.3) is 0 Å². The van der Waals surface area contributed by atoms with Crippen molar-refractivity contribution in [2.45, 2.75) is 11.5 Å². The topological polar surface area (TPSA) is 98.5 Å². The molecule has 148 valence electrons. The summed E-state index contributed by atoms with van der Waals surface area (Å²) >= 11 is 0. The van der Waals surface area contributed by atoms with Gasteiger partial charge in [-0.3, -0.25) is 4.79 Å². The molecule has 3 aromatic carbocycles. The van der Waals surface area contributed by atoms with E-state index in [1.54, 1.807) is 12.1 Å². The van der Waals surface area contributed by atoms with Crippen LogP contribution in [0.2, 0.25) is 0 Å². The van der Waals surface area contributed by atoms with Gasteiger partial charge in [-0.05, 0) is 47.5 Å². The zero-order valence-corrected chi connectivity index (χ0v) is 16.3. The highest BCUT2D eigenvalue weighted by molar-refractivity contribution is 7.89. The number of nitrogens with one attached hydrogen (secondary N) is 1. The molecule has 3 rings (SSSR count). The van der Waals surface area contributed by atoms with Crippen molar-refractivity contribution >= 4 is 27.7 Å². The minimum absolute atomic E-state index is 0.0645. The Morgan fingerprint density at radius 2 is 1.69 bits per heavy atom. The average Bonchev–Trinajstić information content (AvgIpc) is 2.72. The highest BCUT2D eigenvalue weighted by Crippen LogP contribution is 2.16. The van der Waals surface area contributed by atoms with Crippen molar-refractivity contribution in [3.8, 4) is 5.75 Å². The zero-order chi connectivity index (χ0) is 20.7. The molecule has 0 radical (unpaired) electrons. The Kier molecular flexibility index (Phi) is 6.43. The van der Waals surface area contributed by atoms with Crippen LogP contribution in [0.4, 0.5) is 5.69 Å². The quantitative estimate of drug-likeness (QED) is 0.584. The lowest BCUT2D eigenvalue weighted by atomic mass is 10.2. The van der Waals surface area contributed by atoms with E-state index in [0.717, 1.165) is 16.9 Å². The number of ether oxygens (including phenoxy) is 1. The van der Waals surface area contributed by atoms with Crippen molar-refractivity contribution in [1.82, 2.24) is 0 Å². The fourth-order valence-electron chi connectivity index (χ4n) is 2.52. The number of primary sulfonamides is 1. The number of hydrogen-bond donors (Lipinski definition) is 2. The molecule has 0 saturated heterocycles. The molecule has 0 fully saturated rings. The van der Waals surface area contributed by atoms with Gasteiger partial charge in [0.2, 0.25) is 15.9 Å². The van der Waals surface area contributed by atoms with Crippen LogP contribution in [0, 0.1) is 0 Å². The zero-order valence-electron chi connectivity index (χ0n) is 15.5. The molecule has 0 aliphatic carbocycles. The lowest BCUT2D eigenvalue weighted by Crippen LogP contribution is -2.13. The first-order chi connectivity index (χ1) is 13.9. The molecule has 0 aliphatic rings. The fraction of sp³-hybridized carbons (Fsp3) is 0.0455. The lowest BCUT2D eigenvalue weighted by molar-refractivity contribution is -0.111. The van der Waals surface area contributed by atoms with E-state index in [0.29, 0.717) is 12.3 Å². The van der Waals surface area contributed by atoms with Crippen molar-refractivity contribution in [2.24, 2.45) is 5.14 Å². The number of carbonyl (C=O) groups excluding carboxylic acids is 1. The van der Waals surface area contributed by atoms with Gasteiger partial charge in [-0.25, -0.2) is 13.6 Å². The molecular weight excluding hydrogens is 388 g/mol. The molecule has 0 aliphatic heterocycles. The normalized spacial score (nSPS) is 11.3. The van der Waals surface area contributed by atoms with Crippen molar-refractivity contribution in [2.75, 3.05) is 5.32 Å². The first-order valence-electron chi connectivity index (χ1n) is 8.79. The second-order valence-corrected chi connectivity index (χ2v) is 7.80. The summed E-state index contributed by atoms with van der Waals surface area (Å²) in [6.07, 6.45) is 3.02. The van der Waals surface area contributed by atoms with Gasteiger partial charge in [-0.1, -0.05) is 48.5 Å². The molecule has 6 nitrogen and oxygen atoms in total. The third-order valence-electron chi connectivity index (χ3n) is 3.99. The van der Waals surface area contributed by atoms with Gasteiger partial charge in [0.15, 0.2) is 0 Å². The van der Waals surface area contributed by atoms with E-state index in [2.05, 4.69) is 5.32 Å². The van der Waals surface area contributed by atoms with Crippen LogP contribution in [-0.4, -0.2) is 14.3 Å². The third kappa shape index (κ3) is 6.31. The maximum atomic E-state index is 12.1. The predicted octanol–water partition coefficient (Wildman–Crippen LogP) is 3.56. The summed E-state index contributed by atoms with van der Waals surface area (Å²) in [5, 5.41) is 7.70. The monoisotopic (exact) mass is 408 g/mol. The lowest BCUT2D eigenvalue weighted by Gasteiger charge is -2.06. The molecule has 0 atom stereocenters. The van der Waals surface area contributed by atoms with E-state index < -0.39 is 10.0 Å². The van der Waals surface area contributed by atoms with Crippen LogP contribution in [0.3, 0.4) is 0 Å². The Labute approximate surface area is 169 Å². The minimum atomic E-state index is -3.82. The highest BCUT2D eigenvalue weighted by atomic mass is 32.2. The SMILES string of the molecule is NS(=O)(=O)c1cccc(NC(=O)/C=C/c2ccc(OCc3ccccc3)cc2)c1. The fourth-order valence-corrected chi connectivity index (χ4v) is 3.08. The molecule has 3 N–H and O–H groups in total. The number of carbonyl (C=O) groups is 1. The van der Waals surface area contributed by atoms with Crippen molar-refractivity contribution in [3.05, 3.63) is 96.1 Å². The average molecular weight is 408 g/mol. The van der Waals surface area contributed by atoms with E-state index in [1.165, 1.54) is 24.3 Å². The number of hydrogen-bond acceptors (Lipinski definition) is 4. The van der Waals surface area contributed by atoms with Crippen LogP contribution in [0.5, 0.6) is 5.75 Å². The molecule has 0 unspecified atom stereocenters. The smallest absolute Gasteiger partial charge is 0.248 e. The number of amides is 1. The minimum Gasteiger partial charge on any atom is -0.489 e. The van der Waals surface area contributed by atoms with Crippen molar-refractivity contribution < 1.29 is 17.9 Å². The van der Waals surface area contributed by atoms with E-state index >= 15 is 0 Å². The van der Waals surface area contributed by atoms with Gasteiger partial charge in [-0.2, -0.15) is 0 Å². The van der Waals surface area contributed by atoms with E-state index in [9.17, 15) is 13.2 Å². The molecule has 0 heterocycles. The summed E-state index contributed by atoms with van der Waals surface area (Å²) in [6.45, 7) is 0.482. The Balaban J connectivity index is 1.56. The van der Waals surface area contributed by atoms with Crippen LogP contribution in [0.25, 0.3) is 6.08 Å². The summed E-state index contributed by atoms with van der Waals surface area (Å²) in [4.78, 5) is 12.0. The van der Waals surface area contributed by atoms with Crippen LogP contribution in [0.1, 0.15) is 11.1 Å². The molecule has 0 aromatic heterocycles. The van der Waals surface area contributed by atoms with Crippen LogP contribution in [-0.2, 0) is 21.4 Å². The summed E-state index contributed by atoms with van der Waals surface area (Å²) in [7, 11) is -3.82. The first-order valence-corrected chi connectivity index (χ1v) is 10.3. The Morgan fingerprint density at radius 3 is 2.38 bits per heavy atom. The number of nitrogens with two attached hydrogens (primary N) is 1. The maximum Gasteiger partial charge on any atom is 0.248 e. The molecule has 0 spiro atoms. The number of benzene rings is 3. The van der Waals surface area contributed by atoms with Crippen LogP contribution in [0.15, 0.2) is 89.8 Å². The van der Waals surface area contributed by atoms with E-state index in [1.807, 2.05) is 54.6 Å². The third-order valence-corrected chi connectivity index (χ3v) is 4.90. The van der Waals surface area contributed by atoms with Gasteiger partial charge in [0, 0.05) is 11.8 Å². The summed E-state index contributed by atoms with van der Waals surface area (Å²) in [5.41, 5.74) is 2.25. The summed E-state index contributed by atoms with van der Waals surface area (Å²) in [6, 6.07) is 23.0. The van der Waals surface area contributed by atoms with Crippen molar-refractivity contribution in [3.63, 3.8) is 0 Å². The second kappa shape index (κ2) is 9.18. The van der Waals surface area contributed by atoms with Gasteiger partial charge in [-0.15, -0.1) is 0 Å². The number of rotatable bonds is 7. The highest BCUT2D eigenvalue weighted by Gasteiger charge is 2.08. The molecule has 7 heteroatoms. The van der Waals surface area contributed by atoms with E-state index in [4.69, 9.17) is 9.88 Å². The van der Waals surface area contributed by atoms with Gasteiger partial charge < -0.3 is 10.1 Å². The summed E-state index contributed by atoms with van der Waals surface area (Å²) < 4.78 is 28.5. The van der Waals surface area contributed by atoms with E-state index in [-0.39, 0.29) is 10.8 Å². The van der Waals surface area contributed by atoms with Crippen LogP contribution >= 0.6 is 0 Å². The molecule has 0 bridgehead atoms. The van der Waals surface area contributed by atoms with Crippen LogP contribution < -0.4 is 15.2 Å². The number of sulfonamides is 1. The largest absolute Gasteiger partial charge is 0.489 e. The van der Waals surface area contributed by atoms with Gasteiger partial charge >= 0.3 is 0 Å². The van der Waals surface area contributed by atoms with Gasteiger partial charge in [0.1, 0.15) is 12.4 Å². The number of anilines is 1. The van der Waals surface area contributed by atoms with Crippen molar-refractivity contribution in [1.29, 1.82) is 0 Å². The van der Waals surface area contributed by atoms with Gasteiger partial charge in [0.05, 0.1) is 4.90 Å². The Hall–Kier alpha value is -3.42. The molecule has 0 saturated carbocycles. The molecular formula is C22H20N2O4S. The summed E-state index contributed by atoms with van der Waals surface area (Å²) in [5.74, 6) is 0.344. The molecule has 3 aromatic rings. The predicted molar refractivity (Wildman–Crippen MR) is 113 cm³/mol. The molecule has 1 amide bonds.